The fourth-order valence-corrected chi connectivity index (χ4v) is 3.44. The first-order valence-corrected chi connectivity index (χ1v) is 6.61. The fourth-order valence-electron chi connectivity index (χ4n) is 3.44. The monoisotopic (exact) mass is 235 g/mol. The van der Waals surface area contributed by atoms with Gasteiger partial charge in [0, 0.05) is 24.2 Å². The Kier molecular flexibility index (Phi) is 2.92. The molecule has 3 rings (SSSR count). The summed E-state index contributed by atoms with van der Waals surface area (Å²) in [6.45, 7) is 2.92. The molecule has 2 aliphatic rings. The highest BCUT2D eigenvalue weighted by atomic mass is 16.5. The summed E-state index contributed by atoms with van der Waals surface area (Å²) >= 11 is 0. The molecule has 4 nitrogen and oxygen atoms in total. The molecule has 2 unspecified atom stereocenters. The molecule has 2 fully saturated rings. The molecule has 0 aliphatic carbocycles. The van der Waals surface area contributed by atoms with Crippen molar-refractivity contribution in [3.63, 3.8) is 0 Å². The largest absolute Gasteiger partial charge is 0.360 e. The third kappa shape index (κ3) is 2.11. The highest BCUT2D eigenvalue weighted by Crippen LogP contribution is 2.36. The highest BCUT2D eigenvalue weighted by Gasteiger charge is 2.40. The van der Waals surface area contributed by atoms with Gasteiger partial charge in [0.2, 0.25) is 0 Å². The molecule has 94 valence electrons. The van der Waals surface area contributed by atoms with Gasteiger partial charge in [0.1, 0.15) is 0 Å². The molecule has 1 N–H and O–H groups in total. The van der Waals surface area contributed by atoms with E-state index < -0.39 is 0 Å². The van der Waals surface area contributed by atoms with Crippen molar-refractivity contribution in [1.82, 2.24) is 15.4 Å². The van der Waals surface area contributed by atoms with Gasteiger partial charge in [-0.1, -0.05) is 5.16 Å². The molecular formula is C13H21N3O. The molecule has 2 saturated heterocycles. The molecule has 0 spiro atoms. The summed E-state index contributed by atoms with van der Waals surface area (Å²) in [6, 6.07) is 4.23. The van der Waals surface area contributed by atoms with Crippen molar-refractivity contribution < 1.29 is 4.52 Å². The van der Waals surface area contributed by atoms with Crippen LogP contribution in [0, 0.1) is 6.92 Å². The molecule has 2 bridgehead atoms. The van der Waals surface area contributed by atoms with E-state index in [4.69, 9.17) is 4.52 Å². The van der Waals surface area contributed by atoms with Gasteiger partial charge in [-0.3, -0.25) is 4.90 Å². The van der Waals surface area contributed by atoms with Crippen LogP contribution in [0.1, 0.15) is 37.1 Å². The standard InChI is InChI=1S/C13H21N3O/c1-9-5-13(17-15-9)8-16-11-3-4-12(16)7-10(6-11)14-2/h5,10-12,14H,3-4,6-8H2,1-2H3. The third-order valence-corrected chi connectivity index (χ3v) is 4.31. The van der Waals surface area contributed by atoms with Crippen LogP contribution < -0.4 is 5.32 Å². The number of hydrogen-bond donors (Lipinski definition) is 1. The Hall–Kier alpha value is -0.870. The molecule has 1 aromatic heterocycles. The number of nitrogens with one attached hydrogen (secondary N) is 1. The molecule has 4 heteroatoms. The fraction of sp³-hybridized carbons (Fsp3) is 0.769. The van der Waals surface area contributed by atoms with Crippen LogP contribution in [-0.2, 0) is 6.54 Å². The molecule has 0 saturated carbocycles. The minimum atomic E-state index is 0.709. The van der Waals surface area contributed by atoms with Crippen LogP contribution in [0.25, 0.3) is 0 Å². The van der Waals surface area contributed by atoms with Crippen molar-refractivity contribution in [1.29, 1.82) is 0 Å². The molecule has 1 aromatic rings. The Balaban J connectivity index is 1.69. The minimum absolute atomic E-state index is 0.709. The lowest BCUT2D eigenvalue weighted by Crippen LogP contribution is -2.47. The maximum Gasteiger partial charge on any atom is 0.150 e. The molecule has 3 heterocycles. The second-order valence-electron chi connectivity index (χ2n) is 5.45. The number of aromatic nitrogens is 1. The van der Waals surface area contributed by atoms with Crippen LogP contribution in [0.15, 0.2) is 10.6 Å². The van der Waals surface area contributed by atoms with Crippen molar-refractivity contribution in [2.45, 2.75) is 57.3 Å². The van der Waals surface area contributed by atoms with Gasteiger partial charge < -0.3 is 9.84 Å². The van der Waals surface area contributed by atoms with Gasteiger partial charge in [-0.25, -0.2) is 0 Å². The molecule has 17 heavy (non-hydrogen) atoms. The summed E-state index contributed by atoms with van der Waals surface area (Å²) in [4.78, 5) is 2.62. The van der Waals surface area contributed by atoms with Crippen molar-refractivity contribution in [3.05, 3.63) is 17.5 Å². The van der Waals surface area contributed by atoms with E-state index >= 15 is 0 Å². The maximum atomic E-state index is 5.34. The average molecular weight is 235 g/mol. The van der Waals surface area contributed by atoms with Crippen molar-refractivity contribution in [2.75, 3.05) is 7.05 Å². The normalized spacial score (nSPS) is 33.2. The third-order valence-electron chi connectivity index (χ3n) is 4.31. The van der Waals surface area contributed by atoms with Crippen LogP contribution in [0.4, 0.5) is 0 Å². The van der Waals surface area contributed by atoms with Crippen LogP contribution in [0.2, 0.25) is 0 Å². The summed E-state index contributed by atoms with van der Waals surface area (Å²) in [5.41, 5.74) is 0.984. The number of piperidine rings is 1. The lowest BCUT2D eigenvalue weighted by molar-refractivity contribution is 0.100. The SMILES string of the molecule is CNC1CC2CCC(C1)N2Cc1cc(C)no1. The topological polar surface area (TPSA) is 41.3 Å². The van der Waals surface area contributed by atoms with Crippen LogP contribution in [0.5, 0.6) is 0 Å². The quantitative estimate of drug-likeness (QED) is 0.865. The first kappa shape index (κ1) is 11.2. The van der Waals surface area contributed by atoms with E-state index in [0.717, 1.165) is 30.1 Å². The van der Waals surface area contributed by atoms with E-state index in [2.05, 4.69) is 28.5 Å². The minimum Gasteiger partial charge on any atom is -0.360 e. The van der Waals surface area contributed by atoms with Gasteiger partial charge in [-0.15, -0.1) is 0 Å². The first-order chi connectivity index (χ1) is 8.26. The second kappa shape index (κ2) is 4.42. The molecular weight excluding hydrogens is 214 g/mol. The zero-order valence-electron chi connectivity index (χ0n) is 10.6. The van der Waals surface area contributed by atoms with Gasteiger partial charge in [-0.2, -0.15) is 0 Å². The number of aryl methyl sites for hydroxylation is 1. The van der Waals surface area contributed by atoms with E-state index in [-0.39, 0.29) is 0 Å². The number of hydrogen-bond acceptors (Lipinski definition) is 4. The zero-order chi connectivity index (χ0) is 11.8. The maximum absolute atomic E-state index is 5.34. The molecule has 2 aliphatic heterocycles. The molecule has 0 aromatic carbocycles. The lowest BCUT2D eigenvalue weighted by atomic mass is 9.97. The van der Waals surface area contributed by atoms with E-state index in [1.165, 1.54) is 25.7 Å². The lowest BCUT2D eigenvalue weighted by Gasteiger charge is -2.38. The van der Waals surface area contributed by atoms with E-state index in [0.29, 0.717) is 6.04 Å². The molecule has 0 amide bonds. The Labute approximate surface area is 102 Å². The number of nitrogens with zero attached hydrogens (tertiary/aromatic N) is 2. The average Bonchev–Trinajstić information content (AvgIpc) is 2.82. The van der Waals surface area contributed by atoms with E-state index in [1.807, 2.05) is 6.92 Å². The summed E-state index contributed by atoms with van der Waals surface area (Å²) in [6.07, 6.45) is 5.24. The summed E-state index contributed by atoms with van der Waals surface area (Å²) in [7, 11) is 2.08. The van der Waals surface area contributed by atoms with Crippen LogP contribution in [-0.4, -0.2) is 35.2 Å². The Morgan fingerprint density at radius 2 is 2.12 bits per heavy atom. The van der Waals surface area contributed by atoms with Crippen LogP contribution in [0.3, 0.4) is 0 Å². The van der Waals surface area contributed by atoms with Gasteiger partial charge >= 0.3 is 0 Å². The van der Waals surface area contributed by atoms with Crippen molar-refractivity contribution >= 4 is 0 Å². The van der Waals surface area contributed by atoms with Crippen molar-refractivity contribution in [3.8, 4) is 0 Å². The van der Waals surface area contributed by atoms with Gasteiger partial charge in [-0.05, 0) is 39.7 Å². The predicted octanol–water partition coefficient (Wildman–Crippen LogP) is 1.70. The molecule has 0 radical (unpaired) electrons. The number of fused-ring (bicyclic) bond motifs is 2. The highest BCUT2D eigenvalue weighted by molar-refractivity contribution is 5.06. The first-order valence-electron chi connectivity index (χ1n) is 6.61. The van der Waals surface area contributed by atoms with Gasteiger partial charge in [0.15, 0.2) is 5.76 Å². The van der Waals surface area contributed by atoms with E-state index in [1.54, 1.807) is 0 Å². The second-order valence-corrected chi connectivity index (χ2v) is 5.45. The molecule has 2 atom stereocenters. The van der Waals surface area contributed by atoms with Crippen LogP contribution >= 0.6 is 0 Å². The smallest absolute Gasteiger partial charge is 0.150 e. The Morgan fingerprint density at radius 1 is 1.41 bits per heavy atom. The van der Waals surface area contributed by atoms with Crippen molar-refractivity contribution in [2.24, 2.45) is 0 Å². The Bertz CT molecular complexity index is 376. The summed E-state index contributed by atoms with van der Waals surface area (Å²) < 4.78 is 5.34. The summed E-state index contributed by atoms with van der Waals surface area (Å²) in [5.74, 6) is 1.02. The number of rotatable bonds is 3. The Morgan fingerprint density at radius 3 is 2.65 bits per heavy atom. The predicted molar refractivity (Wildman–Crippen MR) is 65.7 cm³/mol. The zero-order valence-corrected chi connectivity index (χ0v) is 10.6. The van der Waals surface area contributed by atoms with Gasteiger partial charge in [0.05, 0.1) is 12.2 Å². The van der Waals surface area contributed by atoms with E-state index in [9.17, 15) is 0 Å². The van der Waals surface area contributed by atoms with Gasteiger partial charge in [0.25, 0.3) is 0 Å². The summed E-state index contributed by atoms with van der Waals surface area (Å²) in [5, 5.41) is 7.40.